The minimum absolute atomic E-state index is 0.0116. The Morgan fingerprint density at radius 1 is 1.29 bits per heavy atom. The average Bonchev–Trinajstić information content (AvgIpc) is 2.62. The molecule has 0 saturated carbocycles. The van der Waals surface area contributed by atoms with Gasteiger partial charge in [0.1, 0.15) is 5.01 Å². The van der Waals surface area contributed by atoms with Crippen molar-refractivity contribution in [3.8, 4) is 0 Å². The second kappa shape index (κ2) is 5.46. The Balaban J connectivity index is 2.56. The number of hydrogen-bond donors (Lipinski definition) is 1. The molecule has 0 spiro atoms. The second-order valence-electron chi connectivity index (χ2n) is 6.05. The zero-order valence-electron chi connectivity index (χ0n) is 11.8. The van der Waals surface area contributed by atoms with Gasteiger partial charge < -0.3 is 10.1 Å². The summed E-state index contributed by atoms with van der Waals surface area (Å²) < 4.78 is 5.18. The molecule has 0 aliphatic carbocycles. The lowest BCUT2D eigenvalue weighted by Crippen LogP contribution is -2.42. The fourth-order valence-corrected chi connectivity index (χ4v) is 2.42. The van der Waals surface area contributed by atoms with Crippen molar-refractivity contribution in [3.05, 3.63) is 16.1 Å². The van der Waals surface area contributed by atoms with E-state index in [1.807, 2.05) is 0 Å². The van der Waals surface area contributed by atoms with Crippen LogP contribution in [0.1, 0.15) is 45.3 Å². The number of ether oxygens (including phenoxy) is 1. The molecule has 0 unspecified atom stereocenters. The summed E-state index contributed by atoms with van der Waals surface area (Å²) in [7, 11) is 1.73. The van der Waals surface area contributed by atoms with E-state index in [4.69, 9.17) is 4.74 Å². The maximum atomic E-state index is 5.18. The van der Waals surface area contributed by atoms with Gasteiger partial charge in [0, 0.05) is 30.0 Å². The van der Waals surface area contributed by atoms with Crippen LogP contribution in [0.15, 0.2) is 5.38 Å². The fraction of sp³-hybridized carbons (Fsp3) is 0.769. The highest BCUT2D eigenvalue weighted by molar-refractivity contribution is 7.09. The van der Waals surface area contributed by atoms with Gasteiger partial charge in [-0.15, -0.1) is 11.3 Å². The summed E-state index contributed by atoms with van der Waals surface area (Å²) in [5.74, 6) is 0. The molecule has 0 aromatic carbocycles. The van der Waals surface area contributed by atoms with Crippen LogP contribution < -0.4 is 5.32 Å². The summed E-state index contributed by atoms with van der Waals surface area (Å²) in [5.41, 5.74) is 1.29. The first-order chi connectivity index (χ1) is 7.74. The SMILES string of the molecule is COCC(C)(C)NCc1nc(C(C)(C)C)cs1. The van der Waals surface area contributed by atoms with E-state index in [2.05, 4.69) is 50.3 Å². The maximum absolute atomic E-state index is 5.18. The summed E-state index contributed by atoms with van der Waals surface area (Å²) in [6, 6.07) is 0. The van der Waals surface area contributed by atoms with E-state index in [1.165, 1.54) is 5.69 Å². The van der Waals surface area contributed by atoms with Crippen LogP contribution in [0.4, 0.5) is 0 Å². The monoisotopic (exact) mass is 256 g/mol. The zero-order valence-corrected chi connectivity index (χ0v) is 12.6. The van der Waals surface area contributed by atoms with Crippen LogP contribution in [0.2, 0.25) is 0 Å². The first-order valence-corrected chi connectivity index (χ1v) is 6.81. The summed E-state index contributed by atoms with van der Waals surface area (Å²) in [6.07, 6.45) is 0. The van der Waals surface area contributed by atoms with Crippen LogP contribution >= 0.6 is 11.3 Å². The van der Waals surface area contributed by atoms with Gasteiger partial charge in [0.2, 0.25) is 0 Å². The molecule has 0 fully saturated rings. The van der Waals surface area contributed by atoms with E-state index in [0.29, 0.717) is 6.61 Å². The van der Waals surface area contributed by atoms with Crippen LogP contribution in [0.5, 0.6) is 0 Å². The van der Waals surface area contributed by atoms with Crippen LogP contribution in [-0.2, 0) is 16.7 Å². The molecule has 0 saturated heterocycles. The molecular formula is C13H24N2OS. The third-order valence-electron chi connectivity index (χ3n) is 2.54. The van der Waals surface area contributed by atoms with Crippen LogP contribution in [0.3, 0.4) is 0 Å². The fourth-order valence-electron chi connectivity index (χ4n) is 1.46. The molecule has 0 aliphatic rings. The van der Waals surface area contributed by atoms with Crippen molar-refractivity contribution >= 4 is 11.3 Å². The largest absolute Gasteiger partial charge is 0.383 e. The van der Waals surface area contributed by atoms with E-state index < -0.39 is 0 Å². The number of methoxy groups -OCH3 is 1. The molecule has 17 heavy (non-hydrogen) atoms. The third kappa shape index (κ3) is 4.74. The van der Waals surface area contributed by atoms with E-state index in [1.54, 1.807) is 18.4 Å². The standard InChI is InChI=1S/C13H24N2OS/c1-12(2,3)10-8-17-11(15-10)7-14-13(4,5)9-16-6/h8,14H,7,9H2,1-6H3. The smallest absolute Gasteiger partial charge is 0.107 e. The predicted molar refractivity (Wildman–Crippen MR) is 73.6 cm³/mol. The molecule has 98 valence electrons. The molecule has 1 heterocycles. The van der Waals surface area contributed by atoms with Gasteiger partial charge in [0.05, 0.1) is 12.3 Å². The van der Waals surface area contributed by atoms with Crippen molar-refractivity contribution in [2.24, 2.45) is 0 Å². The maximum Gasteiger partial charge on any atom is 0.107 e. The Morgan fingerprint density at radius 2 is 1.94 bits per heavy atom. The molecule has 0 amide bonds. The molecule has 0 aliphatic heterocycles. The molecule has 0 radical (unpaired) electrons. The van der Waals surface area contributed by atoms with Crippen molar-refractivity contribution in [1.29, 1.82) is 0 Å². The molecule has 1 N–H and O–H groups in total. The van der Waals surface area contributed by atoms with Crippen molar-refractivity contribution in [2.75, 3.05) is 13.7 Å². The molecule has 0 atom stereocenters. The first kappa shape index (κ1) is 14.6. The van der Waals surface area contributed by atoms with Crippen molar-refractivity contribution in [3.63, 3.8) is 0 Å². The quantitative estimate of drug-likeness (QED) is 0.879. The van der Waals surface area contributed by atoms with E-state index in [-0.39, 0.29) is 11.0 Å². The Kier molecular flexibility index (Phi) is 4.69. The summed E-state index contributed by atoms with van der Waals surface area (Å²) in [6.45, 7) is 12.3. The van der Waals surface area contributed by atoms with Crippen molar-refractivity contribution in [1.82, 2.24) is 10.3 Å². The molecular weight excluding hydrogens is 232 g/mol. The highest BCUT2D eigenvalue weighted by atomic mass is 32.1. The summed E-state index contributed by atoms with van der Waals surface area (Å²) in [4.78, 5) is 4.66. The summed E-state index contributed by atoms with van der Waals surface area (Å²) in [5, 5.41) is 6.76. The zero-order chi connectivity index (χ0) is 13.1. The van der Waals surface area contributed by atoms with Gasteiger partial charge in [-0.1, -0.05) is 20.8 Å². The first-order valence-electron chi connectivity index (χ1n) is 5.93. The number of thiazole rings is 1. The molecule has 0 bridgehead atoms. The van der Waals surface area contributed by atoms with E-state index in [0.717, 1.165) is 11.6 Å². The second-order valence-corrected chi connectivity index (χ2v) is 6.99. The Bertz CT molecular complexity index is 353. The highest BCUT2D eigenvalue weighted by Crippen LogP contribution is 2.24. The third-order valence-corrected chi connectivity index (χ3v) is 3.39. The van der Waals surface area contributed by atoms with Gasteiger partial charge in [-0.25, -0.2) is 4.98 Å². The highest BCUT2D eigenvalue weighted by Gasteiger charge is 2.20. The minimum Gasteiger partial charge on any atom is -0.383 e. The van der Waals surface area contributed by atoms with Gasteiger partial charge in [0.15, 0.2) is 0 Å². The average molecular weight is 256 g/mol. The number of nitrogens with zero attached hydrogens (tertiary/aromatic N) is 1. The van der Waals surface area contributed by atoms with Crippen LogP contribution in [0.25, 0.3) is 0 Å². The van der Waals surface area contributed by atoms with Gasteiger partial charge in [0.25, 0.3) is 0 Å². The van der Waals surface area contributed by atoms with Crippen LogP contribution in [-0.4, -0.2) is 24.2 Å². The Labute approximate surface area is 109 Å². The number of nitrogens with one attached hydrogen (secondary N) is 1. The lowest BCUT2D eigenvalue weighted by molar-refractivity contribution is 0.127. The van der Waals surface area contributed by atoms with E-state index in [9.17, 15) is 0 Å². The van der Waals surface area contributed by atoms with Crippen molar-refractivity contribution < 1.29 is 4.74 Å². The molecule has 1 aromatic heterocycles. The summed E-state index contributed by atoms with van der Waals surface area (Å²) >= 11 is 1.72. The number of rotatable bonds is 5. The van der Waals surface area contributed by atoms with Crippen LogP contribution in [0, 0.1) is 0 Å². The lowest BCUT2D eigenvalue weighted by Gasteiger charge is -2.24. The Morgan fingerprint density at radius 3 is 2.41 bits per heavy atom. The topological polar surface area (TPSA) is 34.1 Å². The number of aromatic nitrogens is 1. The molecule has 3 nitrogen and oxygen atoms in total. The predicted octanol–water partition coefficient (Wildman–Crippen LogP) is 2.96. The molecule has 1 aromatic rings. The van der Waals surface area contributed by atoms with Gasteiger partial charge in [-0.3, -0.25) is 0 Å². The van der Waals surface area contributed by atoms with E-state index >= 15 is 0 Å². The normalized spacial score (nSPS) is 13.1. The number of hydrogen-bond acceptors (Lipinski definition) is 4. The molecule has 1 rings (SSSR count). The van der Waals surface area contributed by atoms with Gasteiger partial charge in [-0.2, -0.15) is 0 Å². The lowest BCUT2D eigenvalue weighted by atomic mass is 9.93. The van der Waals surface area contributed by atoms with Crippen molar-refractivity contribution in [2.45, 2.75) is 52.1 Å². The molecule has 4 heteroatoms. The Hall–Kier alpha value is -0.450. The minimum atomic E-state index is -0.0116. The van der Waals surface area contributed by atoms with Gasteiger partial charge in [-0.05, 0) is 13.8 Å². The van der Waals surface area contributed by atoms with Gasteiger partial charge >= 0.3 is 0 Å².